The lowest BCUT2D eigenvalue weighted by Gasteiger charge is -2.14. The van der Waals surface area contributed by atoms with E-state index >= 15 is 0 Å². The summed E-state index contributed by atoms with van der Waals surface area (Å²) in [4.78, 5) is 42.6. The van der Waals surface area contributed by atoms with Crippen molar-refractivity contribution in [1.29, 1.82) is 0 Å². The highest BCUT2D eigenvalue weighted by atomic mass is 35.5. The van der Waals surface area contributed by atoms with Crippen LogP contribution in [0.3, 0.4) is 0 Å². The van der Waals surface area contributed by atoms with Crippen LogP contribution in [0.25, 0.3) is 11.2 Å². The van der Waals surface area contributed by atoms with E-state index in [1.54, 1.807) is 36.5 Å². The molecule has 0 unspecified atom stereocenters. The lowest BCUT2D eigenvalue weighted by atomic mass is 10.2. The molecule has 0 fully saturated rings. The molecule has 0 saturated carbocycles. The fourth-order valence-electron chi connectivity index (χ4n) is 3.35. The molecule has 1 amide bonds. The van der Waals surface area contributed by atoms with Crippen LogP contribution in [0, 0.1) is 0 Å². The number of nitrogens with one attached hydrogen (secondary N) is 1. The molecule has 31 heavy (non-hydrogen) atoms. The number of hydrogen-bond donors (Lipinski definition) is 1. The number of benzene rings is 2. The summed E-state index contributed by atoms with van der Waals surface area (Å²) in [6.07, 6.45) is 1.55. The molecule has 0 spiro atoms. The van der Waals surface area contributed by atoms with Crippen LogP contribution in [0.5, 0.6) is 0 Å². The van der Waals surface area contributed by atoms with E-state index in [9.17, 15) is 14.4 Å². The number of pyridine rings is 1. The van der Waals surface area contributed by atoms with Crippen molar-refractivity contribution in [2.75, 3.05) is 0 Å². The molecule has 0 radical (unpaired) electrons. The number of fused-ring (bicyclic) bond motifs is 1. The van der Waals surface area contributed by atoms with Crippen LogP contribution >= 0.6 is 11.6 Å². The molecular weight excluding hydrogens is 416 g/mol. The highest BCUT2D eigenvalue weighted by Crippen LogP contribution is 2.14. The van der Waals surface area contributed by atoms with E-state index in [-0.39, 0.29) is 19.6 Å². The molecule has 4 aromatic rings. The second-order valence-corrected chi connectivity index (χ2v) is 7.39. The molecule has 0 bridgehead atoms. The molecular formula is C23H19ClN4O3. The Morgan fingerprint density at radius 2 is 1.61 bits per heavy atom. The molecule has 1 N–H and O–H groups in total. The highest BCUT2D eigenvalue weighted by molar-refractivity contribution is 6.31. The number of carbonyl (C=O) groups is 1. The number of hydrogen-bond acceptors (Lipinski definition) is 4. The van der Waals surface area contributed by atoms with Crippen LogP contribution < -0.4 is 16.4 Å². The molecule has 2 heterocycles. The molecule has 2 aromatic heterocycles. The van der Waals surface area contributed by atoms with E-state index in [0.29, 0.717) is 16.2 Å². The van der Waals surface area contributed by atoms with Gasteiger partial charge in [0.2, 0.25) is 5.91 Å². The summed E-state index contributed by atoms with van der Waals surface area (Å²) in [7, 11) is 0. The average molecular weight is 435 g/mol. The Morgan fingerprint density at radius 3 is 2.39 bits per heavy atom. The van der Waals surface area contributed by atoms with Crippen molar-refractivity contribution < 1.29 is 4.79 Å². The number of halogens is 1. The van der Waals surface area contributed by atoms with E-state index in [2.05, 4.69) is 10.3 Å². The van der Waals surface area contributed by atoms with Crippen LogP contribution in [0.4, 0.5) is 0 Å². The van der Waals surface area contributed by atoms with Crippen LogP contribution in [0.15, 0.2) is 82.5 Å². The van der Waals surface area contributed by atoms with Crippen molar-refractivity contribution >= 4 is 28.7 Å². The molecule has 2 aromatic carbocycles. The third kappa shape index (κ3) is 4.41. The molecule has 156 valence electrons. The van der Waals surface area contributed by atoms with Crippen molar-refractivity contribution in [3.8, 4) is 0 Å². The second-order valence-electron chi connectivity index (χ2n) is 6.98. The van der Waals surface area contributed by atoms with Crippen molar-refractivity contribution in [1.82, 2.24) is 19.4 Å². The first-order chi connectivity index (χ1) is 15.0. The van der Waals surface area contributed by atoms with Crippen molar-refractivity contribution in [2.45, 2.75) is 19.6 Å². The Kier molecular flexibility index (Phi) is 5.95. The number of rotatable bonds is 6. The van der Waals surface area contributed by atoms with Gasteiger partial charge in [-0.2, -0.15) is 0 Å². The summed E-state index contributed by atoms with van der Waals surface area (Å²) in [6.45, 7) is 0.128. The van der Waals surface area contributed by atoms with Crippen LogP contribution in [-0.4, -0.2) is 20.0 Å². The summed E-state index contributed by atoms with van der Waals surface area (Å²) in [6, 6.07) is 19.8. The first-order valence-corrected chi connectivity index (χ1v) is 10.0. The summed E-state index contributed by atoms with van der Waals surface area (Å²) >= 11 is 6.12. The number of carbonyl (C=O) groups excluding carboxylic acids is 1. The molecule has 0 saturated heterocycles. The van der Waals surface area contributed by atoms with Gasteiger partial charge in [0, 0.05) is 17.8 Å². The maximum absolute atomic E-state index is 12.9. The van der Waals surface area contributed by atoms with Gasteiger partial charge >= 0.3 is 11.1 Å². The Morgan fingerprint density at radius 1 is 0.903 bits per heavy atom. The van der Waals surface area contributed by atoms with E-state index < -0.39 is 17.0 Å². The van der Waals surface area contributed by atoms with Crippen molar-refractivity contribution in [3.05, 3.63) is 110 Å². The van der Waals surface area contributed by atoms with Gasteiger partial charge in [-0.3, -0.25) is 23.5 Å². The van der Waals surface area contributed by atoms with Gasteiger partial charge in [0.15, 0.2) is 5.65 Å². The average Bonchev–Trinajstić information content (AvgIpc) is 2.80. The van der Waals surface area contributed by atoms with Gasteiger partial charge in [0.1, 0.15) is 6.54 Å². The van der Waals surface area contributed by atoms with Crippen molar-refractivity contribution in [3.63, 3.8) is 0 Å². The van der Waals surface area contributed by atoms with Gasteiger partial charge in [-0.05, 0) is 29.3 Å². The fourth-order valence-corrected chi connectivity index (χ4v) is 3.55. The monoisotopic (exact) mass is 434 g/mol. The number of nitrogens with zero attached hydrogens (tertiary/aromatic N) is 3. The van der Waals surface area contributed by atoms with Crippen molar-refractivity contribution in [2.24, 2.45) is 0 Å². The Bertz CT molecular complexity index is 1360. The minimum absolute atomic E-state index is 0.210. The number of aromatic nitrogens is 3. The molecule has 0 aliphatic carbocycles. The predicted octanol–water partition coefficient (Wildman–Crippen LogP) is 2.58. The van der Waals surface area contributed by atoms with Gasteiger partial charge in [-0.25, -0.2) is 4.98 Å². The highest BCUT2D eigenvalue weighted by Gasteiger charge is 2.16. The summed E-state index contributed by atoms with van der Waals surface area (Å²) < 4.78 is 2.50. The Labute approximate surface area is 182 Å². The number of amides is 1. The molecule has 0 atom stereocenters. The topological polar surface area (TPSA) is 86.0 Å². The molecule has 7 nitrogen and oxygen atoms in total. The molecule has 0 aliphatic heterocycles. The van der Waals surface area contributed by atoms with E-state index in [1.165, 1.54) is 4.57 Å². The minimum Gasteiger partial charge on any atom is -0.350 e. The van der Waals surface area contributed by atoms with Gasteiger partial charge < -0.3 is 5.32 Å². The fraction of sp³-hybridized carbons (Fsp3) is 0.130. The third-order valence-corrected chi connectivity index (χ3v) is 5.27. The van der Waals surface area contributed by atoms with E-state index in [0.717, 1.165) is 15.7 Å². The van der Waals surface area contributed by atoms with Gasteiger partial charge in [-0.1, -0.05) is 60.1 Å². The predicted molar refractivity (Wildman–Crippen MR) is 119 cm³/mol. The first kappa shape index (κ1) is 20.6. The molecule has 4 rings (SSSR count). The minimum atomic E-state index is -0.774. The first-order valence-electron chi connectivity index (χ1n) is 9.67. The lowest BCUT2D eigenvalue weighted by Crippen LogP contribution is -2.44. The van der Waals surface area contributed by atoms with Gasteiger partial charge in [-0.15, -0.1) is 0 Å². The van der Waals surface area contributed by atoms with Gasteiger partial charge in [0.05, 0.1) is 12.1 Å². The summed E-state index contributed by atoms with van der Waals surface area (Å²) in [5.41, 5.74) is 0.880. The summed E-state index contributed by atoms with van der Waals surface area (Å²) in [5.74, 6) is -0.410. The zero-order valence-electron chi connectivity index (χ0n) is 16.5. The Balaban J connectivity index is 1.66. The van der Waals surface area contributed by atoms with E-state index in [4.69, 9.17) is 11.6 Å². The zero-order chi connectivity index (χ0) is 21.8. The Hall–Kier alpha value is -3.71. The molecule has 0 aliphatic rings. The smallest absolute Gasteiger partial charge is 0.318 e. The van der Waals surface area contributed by atoms with Gasteiger partial charge in [0.25, 0.3) is 0 Å². The largest absolute Gasteiger partial charge is 0.350 e. The maximum Gasteiger partial charge on any atom is 0.318 e. The standard InChI is InChI=1S/C23H19ClN4O3/c24-18-10-5-4-9-17(18)13-26-20(29)15-27-19-11-6-12-25-21(19)28(23(31)22(27)30)14-16-7-2-1-3-8-16/h1-12H,13-15H2,(H,26,29). The van der Waals surface area contributed by atoms with Crippen LogP contribution in [0.2, 0.25) is 5.02 Å². The van der Waals surface area contributed by atoms with Crippen LogP contribution in [-0.2, 0) is 24.4 Å². The van der Waals surface area contributed by atoms with Crippen LogP contribution in [0.1, 0.15) is 11.1 Å². The molecule has 8 heteroatoms. The third-order valence-electron chi connectivity index (χ3n) is 4.90. The normalized spacial score (nSPS) is 10.9. The SMILES string of the molecule is O=C(Cn1c(=O)c(=O)n(Cc2ccccc2)c2ncccc21)NCc1ccccc1Cl. The van der Waals surface area contributed by atoms with E-state index in [1.807, 2.05) is 36.4 Å². The maximum atomic E-state index is 12.9. The second kappa shape index (κ2) is 8.97. The lowest BCUT2D eigenvalue weighted by molar-refractivity contribution is -0.121. The summed E-state index contributed by atoms with van der Waals surface area (Å²) in [5, 5.41) is 3.28. The zero-order valence-corrected chi connectivity index (χ0v) is 17.2. The quantitative estimate of drug-likeness (QED) is 0.472.